The minimum absolute atomic E-state index is 0.0849. The third-order valence-electron chi connectivity index (χ3n) is 2.68. The van der Waals surface area contributed by atoms with Crippen LogP contribution in [0.3, 0.4) is 0 Å². The van der Waals surface area contributed by atoms with Gasteiger partial charge in [-0.1, -0.05) is 5.16 Å². The fourth-order valence-electron chi connectivity index (χ4n) is 1.76. The van der Waals surface area contributed by atoms with Crippen LogP contribution in [0, 0.1) is 0 Å². The summed E-state index contributed by atoms with van der Waals surface area (Å²) in [5.74, 6) is 0.766. The molecule has 1 aliphatic rings. The minimum atomic E-state index is -0.867. The second-order valence-corrected chi connectivity index (χ2v) is 3.99. The molecule has 2 unspecified atom stereocenters. The van der Waals surface area contributed by atoms with Crippen molar-refractivity contribution in [3.63, 3.8) is 0 Å². The molecule has 1 aromatic rings. The van der Waals surface area contributed by atoms with E-state index in [0.29, 0.717) is 12.2 Å². The first kappa shape index (κ1) is 11.5. The van der Waals surface area contributed by atoms with Crippen LogP contribution >= 0.6 is 0 Å². The standard InChI is InChI=1S/C10H17N3O3/c11-6-8(14)10-12-9(13-16-10)5-7-3-1-2-4-15-7/h7-8,14H,1-6,11H2. The molecule has 2 rings (SSSR count). The van der Waals surface area contributed by atoms with Crippen LogP contribution < -0.4 is 5.73 Å². The van der Waals surface area contributed by atoms with Gasteiger partial charge in [0.2, 0.25) is 0 Å². The maximum Gasteiger partial charge on any atom is 0.256 e. The van der Waals surface area contributed by atoms with Gasteiger partial charge in [-0.2, -0.15) is 4.98 Å². The fourth-order valence-corrected chi connectivity index (χ4v) is 1.76. The molecule has 2 heterocycles. The molecule has 0 spiro atoms. The lowest BCUT2D eigenvalue weighted by molar-refractivity contribution is 0.0153. The first-order valence-electron chi connectivity index (χ1n) is 5.62. The summed E-state index contributed by atoms with van der Waals surface area (Å²) in [4.78, 5) is 4.09. The number of hydrogen-bond donors (Lipinski definition) is 2. The van der Waals surface area contributed by atoms with Crippen LogP contribution in [0.25, 0.3) is 0 Å². The molecule has 6 nitrogen and oxygen atoms in total. The van der Waals surface area contributed by atoms with Crippen LogP contribution in [0.5, 0.6) is 0 Å². The predicted octanol–water partition coefficient (Wildman–Crippen LogP) is 0.173. The maximum atomic E-state index is 9.40. The summed E-state index contributed by atoms with van der Waals surface area (Å²) >= 11 is 0. The summed E-state index contributed by atoms with van der Waals surface area (Å²) in [5, 5.41) is 13.2. The van der Waals surface area contributed by atoms with Crippen LogP contribution in [-0.2, 0) is 11.2 Å². The summed E-state index contributed by atoms with van der Waals surface area (Å²) in [6, 6.07) is 0. The van der Waals surface area contributed by atoms with E-state index in [1.807, 2.05) is 0 Å². The molecule has 1 aromatic heterocycles. The lowest BCUT2D eigenvalue weighted by Gasteiger charge is -2.20. The molecule has 3 N–H and O–H groups in total. The molecular weight excluding hydrogens is 210 g/mol. The summed E-state index contributed by atoms with van der Waals surface area (Å²) in [7, 11) is 0. The van der Waals surface area contributed by atoms with E-state index < -0.39 is 6.10 Å². The molecule has 0 radical (unpaired) electrons. The summed E-state index contributed by atoms with van der Waals surface area (Å²) in [6.45, 7) is 0.891. The molecule has 0 bridgehead atoms. The number of nitrogens with two attached hydrogens (primary N) is 1. The van der Waals surface area contributed by atoms with Crippen molar-refractivity contribution in [1.29, 1.82) is 0 Å². The van der Waals surface area contributed by atoms with Crippen LogP contribution in [-0.4, -0.2) is 34.5 Å². The highest BCUT2D eigenvalue weighted by atomic mass is 16.5. The number of aromatic nitrogens is 2. The van der Waals surface area contributed by atoms with E-state index in [1.54, 1.807) is 0 Å². The van der Waals surface area contributed by atoms with Crippen molar-refractivity contribution in [2.45, 2.75) is 37.9 Å². The Balaban J connectivity index is 1.91. The van der Waals surface area contributed by atoms with Gasteiger partial charge in [0.1, 0.15) is 6.10 Å². The molecule has 0 aromatic carbocycles. The van der Waals surface area contributed by atoms with Gasteiger partial charge in [0.15, 0.2) is 5.82 Å². The third-order valence-corrected chi connectivity index (χ3v) is 2.68. The third kappa shape index (κ3) is 2.78. The number of aliphatic hydroxyl groups is 1. The molecule has 1 fully saturated rings. The van der Waals surface area contributed by atoms with Gasteiger partial charge in [0.05, 0.1) is 6.10 Å². The lowest BCUT2D eigenvalue weighted by atomic mass is 10.1. The van der Waals surface area contributed by atoms with Gasteiger partial charge in [-0.15, -0.1) is 0 Å². The average molecular weight is 227 g/mol. The minimum Gasteiger partial charge on any atom is -0.382 e. The Morgan fingerprint density at radius 3 is 3.06 bits per heavy atom. The van der Waals surface area contributed by atoms with Crippen molar-refractivity contribution in [2.24, 2.45) is 5.73 Å². The Bertz CT molecular complexity index is 323. The number of rotatable bonds is 4. The molecule has 16 heavy (non-hydrogen) atoms. The summed E-state index contributed by atoms with van der Waals surface area (Å²) in [6.07, 6.45) is 3.29. The second kappa shape index (κ2) is 5.38. The smallest absolute Gasteiger partial charge is 0.256 e. The van der Waals surface area contributed by atoms with Gasteiger partial charge in [-0.3, -0.25) is 0 Å². The van der Waals surface area contributed by atoms with Gasteiger partial charge in [0, 0.05) is 19.6 Å². The van der Waals surface area contributed by atoms with E-state index in [9.17, 15) is 5.11 Å². The van der Waals surface area contributed by atoms with Crippen molar-refractivity contribution in [1.82, 2.24) is 10.1 Å². The topological polar surface area (TPSA) is 94.4 Å². The number of hydrogen-bond acceptors (Lipinski definition) is 6. The molecule has 0 saturated carbocycles. The largest absolute Gasteiger partial charge is 0.382 e. The van der Waals surface area contributed by atoms with E-state index in [1.165, 1.54) is 6.42 Å². The monoisotopic (exact) mass is 227 g/mol. The summed E-state index contributed by atoms with van der Waals surface area (Å²) in [5.41, 5.74) is 5.30. The van der Waals surface area contributed by atoms with Crippen molar-refractivity contribution >= 4 is 0 Å². The number of aliphatic hydroxyl groups excluding tert-OH is 1. The first-order chi connectivity index (χ1) is 7.79. The molecule has 1 saturated heterocycles. The average Bonchev–Trinajstić information content (AvgIpc) is 2.78. The Morgan fingerprint density at radius 2 is 2.38 bits per heavy atom. The molecule has 90 valence electrons. The van der Waals surface area contributed by atoms with Crippen LogP contribution in [0.1, 0.15) is 37.1 Å². The molecular formula is C10H17N3O3. The van der Waals surface area contributed by atoms with Crippen molar-refractivity contribution in [3.05, 3.63) is 11.7 Å². The second-order valence-electron chi connectivity index (χ2n) is 3.99. The van der Waals surface area contributed by atoms with E-state index in [2.05, 4.69) is 10.1 Å². The van der Waals surface area contributed by atoms with E-state index in [0.717, 1.165) is 19.4 Å². The normalized spacial score (nSPS) is 23.2. The van der Waals surface area contributed by atoms with Gasteiger partial charge in [-0.05, 0) is 19.3 Å². The van der Waals surface area contributed by atoms with Gasteiger partial charge >= 0.3 is 0 Å². The molecule has 0 aliphatic carbocycles. The Hall–Kier alpha value is -0.980. The van der Waals surface area contributed by atoms with E-state index in [-0.39, 0.29) is 18.5 Å². The quantitative estimate of drug-likeness (QED) is 0.761. The lowest BCUT2D eigenvalue weighted by Crippen LogP contribution is -2.22. The zero-order valence-corrected chi connectivity index (χ0v) is 9.13. The van der Waals surface area contributed by atoms with Crippen LogP contribution in [0.15, 0.2) is 4.52 Å². The van der Waals surface area contributed by atoms with Gasteiger partial charge in [0.25, 0.3) is 5.89 Å². The molecule has 1 aliphatic heterocycles. The zero-order chi connectivity index (χ0) is 11.4. The highest BCUT2D eigenvalue weighted by Crippen LogP contribution is 2.17. The first-order valence-corrected chi connectivity index (χ1v) is 5.62. The van der Waals surface area contributed by atoms with Gasteiger partial charge in [-0.25, -0.2) is 0 Å². The Morgan fingerprint density at radius 1 is 1.50 bits per heavy atom. The van der Waals surface area contributed by atoms with E-state index >= 15 is 0 Å². The molecule has 6 heteroatoms. The highest BCUT2D eigenvalue weighted by molar-refractivity contribution is 4.92. The van der Waals surface area contributed by atoms with Crippen molar-refractivity contribution < 1.29 is 14.4 Å². The van der Waals surface area contributed by atoms with Crippen molar-refractivity contribution in [3.8, 4) is 0 Å². The molecule has 2 atom stereocenters. The zero-order valence-electron chi connectivity index (χ0n) is 9.13. The predicted molar refractivity (Wildman–Crippen MR) is 55.6 cm³/mol. The van der Waals surface area contributed by atoms with Crippen molar-refractivity contribution in [2.75, 3.05) is 13.2 Å². The van der Waals surface area contributed by atoms with Crippen LogP contribution in [0.2, 0.25) is 0 Å². The Kier molecular flexibility index (Phi) is 3.87. The number of nitrogens with zero attached hydrogens (tertiary/aromatic N) is 2. The summed E-state index contributed by atoms with van der Waals surface area (Å²) < 4.78 is 10.5. The SMILES string of the molecule is NCC(O)c1nc(CC2CCCCO2)no1. The number of ether oxygens (including phenoxy) is 1. The van der Waals surface area contributed by atoms with Crippen LogP contribution in [0.4, 0.5) is 0 Å². The fraction of sp³-hybridized carbons (Fsp3) is 0.800. The Labute approximate surface area is 93.8 Å². The maximum absolute atomic E-state index is 9.40. The highest BCUT2D eigenvalue weighted by Gasteiger charge is 2.19. The van der Waals surface area contributed by atoms with Gasteiger partial charge < -0.3 is 20.1 Å². The molecule has 0 amide bonds. The van der Waals surface area contributed by atoms with E-state index in [4.69, 9.17) is 15.0 Å².